The van der Waals surface area contributed by atoms with E-state index in [0.29, 0.717) is 12.8 Å². The molecule has 0 saturated carbocycles. The van der Waals surface area contributed by atoms with Gasteiger partial charge in [-0.15, -0.1) is 0 Å². The van der Waals surface area contributed by atoms with Crippen molar-refractivity contribution in [2.45, 2.75) is 73.9 Å². The highest BCUT2D eigenvalue weighted by molar-refractivity contribution is 9.10. The topological polar surface area (TPSA) is 74.6 Å². The number of aliphatic carboxylic acids is 2. The summed E-state index contributed by atoms with van der Waals surface area (Å²) in [7, 11) is 0. The molecule has 0 amide bonds. The molecular formula is C14H24Br2O4. The van der Waals surface area contributed by atoms with Crippen LogP contribution >= 0.6 is 31.9 Å². The zero-order valence-corrected chi connectivity index (χ0v) is 14.9. The summed E-state index contributed by atoms with van der Waals surface area (Å²) in [6, 6.07) is 0. The lowest BCUT2D eigenvalue weighted by molar-refractivity contribution is -0.137. The van der Waals surface area contributed by atoms with Gasteiger partial charge in [0.1, 0.15) is 9.65 Å². The van der Waals surface area contributed by atoms with E-state index in [9.17, 15) is 9.59 Å². The highest BCUT2D eigenvalue weighted by atomic mass is 79.9. The molecule has 0 aliphatic heterocycles. The van der Waals surface area contributed by atoms with E-state index in [2.05, 4.69) is 31.9 Å². The third-order valence-electron chi connectivity index (χ3n) is 3.20. The molecule has 0 aromatic heterocycles. The molecule has 0 heterocycles. The lowest BCUT2D eigenvalue weighted by Crippen LogP contribution is -2.12. The van der Waals surface area contributed by atoms with Gasteiger partial charge in [-0.3, -0.25) is 9.59 Å². The standard InChI is InChI=1S/C14H24Br2O4/c15-11(13(17)18)9-7-5-3-1-2-4-6-8-10-12(16)14(19)20/h11-12H,1-10H2,(H,17,18)(H,19,20). The Labute approximate surface area is 137 Å². The molecule has 0 radical (unpaired) electrons. The molecule has 2 unspecified atom stereocenters. The van der Waals surface area contributed by atoms with Crippen LogP contribution < -0.4 is 0 Å². The van der Waals surface area contributed by atoms with Gasteiger partial charge in [0, 0.05) is 0 Å². The van der Waals surface area contributed by atoms with Crippen LogP contribution in [-0.4, -0.2) is 31.8 Å². The van der Waals surface area contributed by atoms with E-state index in [0.717, 1.165) is 38.5 Å². The normalized spacial score (nSPS) is 13.9. The highest BCUT2D eigenvalue weighted by Crippen LogP contribution is 2.16. The number of carboxylic acid groups (broad SMARTS) is 2. The maximum absolute atomic E-state index is 10.6. The van der Waals surface area contributed by atoms with Gasteiger partial charge >= 0.3 is 11.9 Å². The summed E-state index contributed by atoms with van der Waals surface area (Å²) in [5, 5.41) is 17.4. The van der Waals surface area contributed by atoms with Crippen molar-refractivity contribution in [2.75, 3.05) is 0 Å². The summed E-state index contributed by atoms with van der Waals surface area (Å²) in [6.45, 7) is 0. The molecular weight excluding hydrogens is 392 g/mol. The van der Waals surface area contributed by atoms with Gasteiger partial charge in [0.05, 0.1) is 0 Å². The molecule has 0 rings (SSSR count). The summed E-state index contributed by atoms with van der Waals surface area (Å²) in [5.41, 5.74) is 0. The molecule has 0 aliphatic rings. The SMILES string of the molecule is O=C(O)C(Br)CCCCCCCCCCC(Br)C(=O)O. The van der Waals surface area contributed by atoms with Crippen LogP contribution in [0.4, 0.5) is 0 Å². The van der Waals surface area contributed by atoms with E-state index in [1.165, 1.54) is 12.8 Å². The molecule has 2 N–H and O–H groups in total. The molecule has 0 saturated heterocycles. The van der Waals surface area contributed by atoms with Crippen LogP contribution in [0.1, 0.15) is 64.2 Å². The molecule has 0 aliphatic carbocycles. The van der Waals surface area contributed by atoms with Gasteiger partial charge in [0.15, 0.2) is 0 Å². The number of carbonyl (C=O) groups is 2. The minimum absolute atomic E-state index is 0.408. The van der Waals surface area contributed by atoms with Crippen LogP contribution in [0, 0.1) is 0 Å². The summed E-state index contributed by atoms with van der Waals surface area (Å²) < 4.78 is 0. The zero-order chi connectivity index (χ0) is 15.4. The van der Waals surface area contributed by atoms with Crippen LogP contribution in [0.2, 0.25) is 0 Å². The van der Waals surface area contributed by atoms with E-state index in [1.54, 1.807) is 0 Å². The fourth-order valence-electron chi connectivity index (χ4n) is 1.95. The smallest absolute Gasteiger partial charge is 0.317 e. The molecule has 0 aromatic carbocycles. The van der Waals surface area contributed by atoms with Gasteiger partial charge < -0.3 is 10.2 Å². The number of halogens is 2. The number of carboxylic acids is 2. The average Bonchev–Trinajstić information content (AvgIpc) is 2.39. The van der Waals surface area contributed by atoms with Crippen molar-refractivity contribution in [3.05, 3.63) is 0 Å². The highest BCUT2D eigenvalue weighted by Gasteiger charge is 2.12. The third-order valence-corrected chi connectivity index (χ3v) is 4.90. The molecule has 2 atom stereocenters. The number of hydrogen-bond acceptors (Lipinski definition) is 2. The van der Waals surface area contributed by atoms with Crippen molar-refractivity contribution in [1.29, 1.82) is 0 Å². The second-order valence-corrected chi connectivity index (χ2v) is 7.23. The van der Waals surface area contributed by atoms with Crippen molar-refractivity contribution in [1.82, 2.24) is 0 Å². The molecule has 4 nitrogen and oxygen atoms in total. The van der Waals surface area contributed by atoms with E-state index in [4.69, 9.17) is 10.2 Å². The van der Waals surface area contributed by atoms with Crippen LogP contribution in [0.25, 0.3) is 0 Å². The van der Waals surface area contributed by atoms with Crippen molar-refractivity contribution in [2.24, 2.45) is 0 Å². The van der Waals surface area contributed by atoms with Gasteiger partial charge in [0.25, 0.3) is 0 Å². The van der Waals surface area contributed by atoms with Gasteiger partial charge in [-0.2, -0.15) is 0 Å². The second-order valence-electron chi connectivity index (χ2n) is 5.02. The predicted octanol–water partition coefficient (Wildman–Crippen LogP) is 4.58. The van der Waals surface area contributed by atoms with E-state index in [-0.39, 0.29) is 0 Å². The molecule has 6 heteroatoms. The van der Waals surface area contributed by atoms with Gasteiger partial charge in [0.2, 0.25) is 0 Å². The second kappa shape index (κ2) is 12.6. The van der Waals surface area contributed by atoms with Crippen LogP contribution in [0.3, 0.4) is 0 Å². The molecule has 20 heavy (non-hydrogen) atoms. The Kier molecular flexibility index (Phi) is 12.6. The molecule has 0 fully saturated rings. The van der Waals surface area contributed by atoms with Crippen LogP contribution in [0.5, 0.6) is 0 Å². The Balaban J connectivity index is 3.21. The summed E-state index contributed by atoms with van der Waals surface area (Å²) in [4.78, 5) is 20.3. The molecule has 0 bridgehead atoms. The minimum Gasteiger partial charge on any atom is -0.480 e. The predicted molar refractivity (Wildman–Crippen MR) is 86.9 cm³/mol. The first-order valence-electron chi connectivity index (χ1n) is 7.19. The first kappa shape index (κ1) is 19.9. The number of unbranched alkanes of at least 4 members (excludes halogenated alkanes) is 7. The molecule has 118 valence electrons. The quantitative estimate of drug-likeness (QED) is 0.341. The largest absolute Gasteiger partial charge is 0.480 e. The van der Waals surface area contributed by atoms with Crippen molar-refractivity contribution >= 4 is 43.8 Å². The van der Waals surface area contributed by atoms with E-state index >= 15 is 0 Å². The first-order chi connectivity index (χ1) is 9.45. The summed E-state index contributed by atoms with van der Waals surface area (Å²) in [6.07, 6.45) is 10.1. The summed E-state index contributed by atoms with van der Waals surface area (Å²) >= 11 is 6.26. The Morgan fingerprint density at radius 3 is 1.15 bits per heavy atom. The third kappa shape index (κ3) is 11.7. The lowest BCUT2D eigenvalue weighted by atomic mass is 10.1. The van der Waals surface area contributed by atoms with E-state index < -0.39 is 21.6 Å². The zero-order valence-electron chi connectivity index (χ0n) is 11.7. The monoisotopic (exact) mass is 414 g/mol. The van der Waals surface area contributed by atoms with Crippen LogP contribution in [-0.2, 0) is 9.59 Å². The van der Waals surface area contributed by atoms with E-state index in [1.807, 2.05) is 0 Å². The van der Waals surface area contributed by atoms with Gasteiger partial charge in [-0.05, 0) is 12.8 Å². The average molecular weight is 416 g/mol. The van der Waals surface area contributed by atoms with Crippen LogP contribution in [0.15, 0.2) is 0 Å². The Morgan fingerprint density at radius 1 is 0.650 bits per heavy atom. The van der Waals surface area contributed by atoms with Crippen molar-refractivity contribution in [3.63, 3.8) is 0 Å². The van der Waals surface area contributed by atoms with Gasteiger partial charge in [-0.1, -0.05) is 83.2 Å². The lowest BCUT2D eigenvalue weighted by Gasteiger charge is -2.05. The first-order valence-corrected chi connectivity index (χ1v) is 9.02. The maximum Gasteiger partial charge on any atom is 0.317 e. The maximum atomic E-state index is 10.6. The fraction of sp³-hybridized carbons (Fsp3) is 0.857. The Morgan fingerprint density at radius 2 is 0.900 bits per heavy atom. The molecule has 0 aromatic rings. The summed E-state index contributed by atoms with van der Waals surface area (Å²) in [5.74, 6) is -1.56. The Hall–Kier alpha value is -0.100. The Bertz CT molecular complexity index is 256. The van der Waals surface area contributed by atoms with Crippen molar-refractivity contribution < 1.29 is 19.8 Å². The van der Waals surface area contributed by atoms with Gasteiger partial charge in [-0.25, -0.2) is 0 Å². The molecule has 0 spiro atoms. The van der Waals surface area contributed by atoms with Crippen molar-refractivity contribution in [3.8, 4) is 0 Å². The minimum atomic E-state index is -0.781. The number of alkyl halides is 2. The number of rotatable bonds is 13. The number of hydrogen-bond donors (Lipinski definition) is 2. The fourth-order valence-corrected chi connectivity index (χ4v) is 2.60.